The van der Waals surface area contributed by atoms with E-state index in [2.05, 4.69) is 5.32 Å². The first kappa shape index (κ1) is 16.0. The van der Waals surface area contributed by atoms with Gasteiger partial charge in [0.1, 0.15) is 18.1 Å². The number of alkyl halides is 3. The van der Waals surface area contributed by atoms with Gasteiger partial charge in [0.2, 0.25) is 0 Å². The van der Waals surface area contributed by atoms with Gasteiger partial charge in [0.25, 0.3) is 0 Å². The predicted octanol–water partition coefficient (Wildman–Crippen LogP) is 3.64. The van der Waals surface area contributed by atoms with Crippen LogP contribution in [0.3, 0.4) is 0 Å². The van der Waals surface area contributed by atoms with Crippen molar-refractivity contribution in [2.75, 3.05) is 6.61 Å². The van der Waals surface area contributed by atoms with E-state index in [1.807, 2.05) is 20.8 Å². The Balaban J connectivity index is 2.27. The molecule has 0 fully saturated rings. The lowest BCUT2D eigenvalue weighted by Gasteiger charge is -2.19. The van der Waals surface area contributed by atoms with Crippen LogP contribution in [-0.4, -0.2) is 18.3 Å². The summed E-state index contributed by atoms with van der Waals surface area (Å²) in [4.78, 5) is 0. The van der Waals surface area contributed by atoms with Gasteiger partial charge in [-0.05, 0) is 32.9 Å². The molecule has 0 amide bonds. The van der Waals surface area contributed by atoms with E-state index < -0.39 is 12.6 Å². The third-order valence-corrected chi connectivity index (χ3v) is 2.28. The normalized spacial score (nSPS) is 12.9. The number of hydrogen-bond acceptors (Lipinski definition) is 3. The third-order valence-electron chi connectivity index (χ3n) is 2.28. The van der Waals surface area contributed by atoms with Gasteiger partial charge in [-0.15, -0.1) is 0 Å². The molecule has 1 rings (SSSR count). The summed E-state index contributed by atoms with van der Waals surface area (Å²) in [6.45, 7) is 6.41. The van der Waals surface area contributed by atoms with E-state index in [0.717, 1.165) is 5.76 Å². The van der Waals surface area contributed by atoms with Crippen LogP contribution in [0.2, 0.25) is 0 Å². The molecule has 0 aliphatic carbocycles. The molecule has 1 aromatic rings. The molecule has 0 atom stereocenters. The Kier molecular flexibility index (Phi) is 5.43. The lowest BCUT2D eigenvalue weighted by Crippen LogP contribution is -2.34. The molecule has 19 heavy (non-hydrogen) atoms. The molecule has 0 bridgehead atoms. The molecule has 1 aromatic heterocycles. The minimum atomic E-state index is -4.18. The van der Waals surface area contributed by atoms with Crippen molar-refractivity contribution in [1.29, 1.82) is 0 Å². The zero-order chi connectivity index (χ0) is 14.5. The topological polar surface area (TPSA) is 34.4 Å². The Morgan fingerprint density at radius 3 is 2.37 bits per heavy atom. The molecule has 0 saturated carbocycles. The van der Waals surface area contributed by atoms with E-state index in [9.17, 15) is 13.2 Å². The van der Waals surface area contributed by atoms with Gasteiger partial charge in [0.05, 0.1) is 19.6 Å². The van der Waals surface area contributed by atoms with E-state index in [1.165, 1.54) is 0 Å². The van der Waals surface area contributed by atoms with Crippen molar-refractivity contribution in [1.82, 2.24) is 5.32 Å². The summed E-state index contributed by atoms with van der Waals surface area (Å²) in [6, 6.07) is 3.51. The molecule has 0 aromatic carbocycles. The molecule has 0 aliphatic rings. The Morgan fingerprint density at radius 2 is 1.79 bits per heavy atom. The molecule has 6 heteroatoms. The minimum absolute atomic E-state index is 0.0177. The zero-order valence-corrected chi connectivity index (χ0v) is 11.4. The summed E-state index contributed by atoms with van der Waals surface area (Å²) in [5.74, 6) is 1.28. The molecule has 1 N–H and O–H groups in total. The second-order valence-electron chi connectivity index (χ2n) is 5.39. The number of nitrogens with one attached hydrogen (secondary N) is 1. The smallest absolute Gasteiger partial charge is 0.391 e. The van der Waals surface area contributed by atoms with Gasteiger partial charge in [-0.2, -0.15) is 13.2 Å². The molecule has 0 radical (unpaired) electrons. The van der Waals surface area contributed by atoms with Crippen LogP contribution < -0.4 is 5.32 Å². The third kappa shape index (κ3) is 7.89. The maximum Gasteiger partial charge on any atom is 0.391 e. The van der Waals surface area contributed by atoms with Gasteiger partial charge in [0, 0.05) is 5.54 Å². The fraction of sp³-hybridized carbons (Fsp3) is 0.692. The molecule has 0 saturated heterocycles. The summed E-state index contributed by atoms with van der Waals surface area (Å²) < 4.78 is 46.0. The van der Waals surface area contributed by atoms with Crippen LogP contribution in [0.25, 0.3) is 0 Å². The second kappa shape index (κ2) is 6.43. The summed E-state index contributed by atoms with van der Waals surface area (Å²) in [5, 5.41) is 3.26. The van der Waals surface area contributed by atoms with Crippen LogP contribution >= 0.6 is 0 Å². The van der Waals surface area contributed by atoms with Gasteiger partial charge in [-0.3, -0.25) is 0 Å². The maximum absolute atomic E-state index is 11.9. The molecule has 1 heterocycles. The molecule has 110 valence electrons. The van der Waals surface area contributed by atoms with E-state index in [0.29, 0.717) is 12.3 Å². The summed E-state index contributed by atoms with van der Waals surface area (Å²) >= 11 is 0. The summed E-state index contributed by atoms with van der Waals surface area (Å²) in [5.41, 5.74) is -0.0177. The Labute approximate surface area is 111 Å². The largest absolute Gasteiger partial charge is 0.462 e. The van der Waals surface area contributed by atoms with Crippen LogP contribution in [0.4, 0.5) is 13.2 Å². The highest BCUT2D eigenvalue weighted by atomic mass is 19.4. The monoisotopic (exact) mass is 279 g/mol. The Morgan fingerprint density at radius 1 is 1.16 bits per heavy atom. The van der Waals surface area contributed by atoms with E-state index in [1.54, 1.807) is 12.1 Å². The van der Waals surface area contributed by atoms with Gasteiger partial charge in [0.15, 0.2) is 0 Å². The number of furan rings is 1. The van der Waals surface area contributed by atoms with Crippen LogP contribution in [0, 0.1) is 0 Å². The van der Waals surface area contributed by atoms with Crippen molar-refractivity contribution in [2.45, 2.75) is 52.1 Å². The van der Waals surface area contributed by atoms with E-state index in [-0.39, 0.29) is 18.8 Å². The molecular weight excluding hydrogens is 259 g/mol. The highest BCUT2D eigenvalue weighted by Gasteiger charge is 2.26. The number of rotatable bonds is 6. The first-order valence-corrected chi connectivity index (χ1v) is 6.13. The standard InChI is InChI=1S/C13H20F3NO2/c1-12(2,3)17-8-10-4-5-11(19-10)9-18-7-6-13(14,15)16/h4-5,17H,6-9H2,1-3H3. The van der Waals surface area contributed by atoms with Gasteiger partial charge in [-0.25, -0.2) is 0 Å². The maximum atomic E-state index is 11.9. The van der Waals surface area contributed by atoms with Crippen molar-refractivity contribution < 1.29 is 22.3 Å². The molecule has 0 aliphatic heterocycles. The quantitative estimate of drug-likeness (QED) is 0.807. The first-order chi connectivity index (χ1) is 8.66. The van der Waals surface area contributed by atoms with Crippen LogP contribution in [0.15, 0.2) is 16.5 Å². The lowest BCUT2D eigenvalue weighted by molar-refractivity contribution is -0.146. The van der Waals surface area contributed by atoms with Gasteiger partial charge in [-0.1, -0.05) is 0 Å². The number of hydrogen-bond donors (Lipinski definition) is 1. The summed E-state index contributed by atoms with van der Waals surface area (Å²) in [6.07, 6.45) is -5.11. The fourth-order valence-corrected chi connectivity index (χ4v) is 1.31. The van der Waals surface area contributed by atoms with Crippen LogP contribution in [0.5, 0.6) is 0 Å². The van der Waals surface area contributed by atoms with Crippen molar-refractivity contribution in [3.8, 4) is 0 Å². The average molecular weight is 279 g/mol. The fourth-order valence-electron chi connectivity index (χ4n) is 1.31. The van der Waals surface area contributed by atoms with Crippen molar-refractivity contribution >= 4 is 0 Å². The first-order valence-electron chi connectivity index (χ1n) is 6.13. The molecule has 0 unspecified atom stereocenters. The minimum Gasteiger partial charge on any atom is -0.462 e. The molecular formula is C13H20F3NO2. The highest BCUT2D eigenvalue weighted by molar-refractivity contribution is 5.06. The van der Waals surface area contributed by atoms with Gasteiger partial charge < -0.3 is 14.5 Å². The van der Waals surface area contributed by atoms with Crippen LogP contribution in [0.1, 0.15) is 38.7 Å². The zero-order valence-electron chi connectivity index (χ0n) is 11.4. The van der Waals surface area contributed by atoms with E-state index in [4.69, 9.17) is 9.15 Å². The Bertz CT molecular complexity index is 380. The number of ether oxygens (including phenoxy) is 1. The van der Waals surface area contributed by atoms with Gasteiger partial charge >= 0.3 is 6.18 Å². The lowest BCUT2D eigenvalue weighted by atomic mass is 10.1. The molecule has 3 nitrogen and oxygen atoms in total. The van der Waals surface area contributed by atoms with Crippen molar-refractivity contribution in [3.05, 3.63) is 23.7 Å². The average Bonchev–Trinajstić information content (AvgIpc) is 2.67. The van der Waals surface area contributed by atoms with Crippen LogP contribution in [-0.2, 0) is 17.9 Å². The second-order valence-corrected chi connectivity index (χ2v) is 5.39. The predicted molar refractivity (Wildman–Crippen MR) is 65.6 cm³/mol. The molecule has 0 spiro atoms. The number of halogens is 3. The van der Waals surface area contributed by atoms with E-state index >= 15 is 0 Å². The summed E-state index contributed by atoms with van der Waals surface area (Å²) in [7, 11) is 0. The SMILES string of the molecule is CC(C)(C)NCc1ccc(COCCC(F)(F)F)o1. The van der Waals surface area contributed by atoms with Crippen molar-refractivity contribution in [2.24, 2.45) is 0 Å². The Hall–Kier alpha value is -1.01. The highest BCUT2D eigenvalue weighted by Crippen LogP contribution is 2.19. The van der Waals surface area contributed by atoms with Crippen molar-refractivity contribution in [3.63, 3.8) is 0 Å².